The van der Waals surface area contributed by atoms with Gasteiger partial charge in [0.25, 0.3) is 0 Å². The third-order valence-electron chi connectivity index (χ3n) is 5.04. The predicted molar refractivity (Wildman–Crippen MR) is 109 cm³/mol. The third kappa shape index (κ3) is 3.19. The zero-order valence-electron chi connectivity index (χ0n) is 15.7. The van der Waals surface area contributed by atoms with Crippen molar-refractivity contribution < 1.29 is 23.8 Å². The molecule has 4 rings (SSSR count). The number of hydrogen-bond acceptors (Lipinski definition) is 4. The van der Waals surface area contributed by atoms with E-state index >= 15 is 0 Å². The molecule has 0 radical (unpaired) electrons. The lowest BCUT2D eigenvalue weighted by Crippen LogP contribution is -2.14. The van der Waals surface area contributed by atoms with Gasteiger partial charge < -0.3 is 20.5 Å². The molecule has 0 unspecified atom stereocenters. The molecule has 0 aliphatic rings. The number of primary amides is 1. The Morgan fingerprint density at radius 1 is 1.20 bits per heavy atom. The van der Waals surface area contributed by atoms with Gasteiger partial charge in [0.15, 0.2) is 5.75 Å². The summed E-state index contributed by atoms with van der Waals surface area (Å²) in [6.45, 7) is 0. The summed E-state index contributed by atoms with van der Waals surface area (Å²) in [6.07, 6.45) is 2.91. The number of pyridine rings is 1. The third-order valence-corrected chi connectivity index (χ3v) is 5.33. The number of carbonyl (C=O) groups excluding carboxylic acids is 1. The van der Waals surface area contributed by atoms with Crippen molar-refractivity contribution in [3.05, 3.63) is 63.9 Å². The number of halogens is 3. The van der Waals surface area contributed by atoms with Gasteiger partial charge in [-0.25, -0.2) is 8.78 Å². The smallest absolute Gasteiger partial charge is 0.221 e. The molecule has 2 aromatic heterocycles. The standard InChI is InChI=1S/C21H16ClF2N3O3/c1-27-8-13-11(5-17(25)28)12-3-9(2-10-4-14(22)16(24)6-15(10)23)7-26-19(12)20(29)18(13)21(27)30/h3-4,6-8,29-30H,2,5H2,1H3,(H2,25,28). The number of hydrogen-bond donors (Lipinski definition) is 3. The van der Waals surface area contributed by atoms with Gasteiger partial charge in [0, 0.05) is 42.7 Å². The second kappa shape index (κ2) is 7.14. The highest BCUT2D eigenvalue weighted by Crippen LogP contribution is 2.42. The summed E-state index contributed by atoms with van der Waals surface area (Å²) in [4.78, 5) is 16.0. The van der Waals surface area contributed by atoms with Gasteiger partial charge in [0.05, 0.1) is 16.8 Å². The van der Waals surface area contributed by atoms with Crippen LogP contribution in [-0.4, -0.2) is 25.7 Å². The first-order valence-corrected chi connectivity index (χ1v) is 9.27. The summed E-state index contributed by atoms with van der Waals surface area (Å²) >= 11 is 5.77. The largest absolute Gasteiger partial charge is 0.505 e. The van der Waals surface area contributed by atoms with E-state index < -0.39 is 17.5 Å². The van der Waals surface area contributed by atoms with Crippen molar-refractivity contribution in [2.45, 2.75) is 12.8 Å². The van der Waals surface area contributed by atoms with Crippen molar-refractivity contribution >= 4 is 39.2 Å². The Bertz CT molecular complexity index is 1350. The zero-order valence-corrected chi connectivity index (χ0v) is 16.5. The molecule has 1 amide bonds. The molecular formula is C21H16ClF2N3O3. The van der Waals surface area contributed by atoms with E-state index in [1.54, 1.807) is 19.3 Å². The molecule has 2 heterocycles. The minimum atomic E-state index is -0.852. The summed E-state index contributed by atoms with van der Waals surface area (Å²) in [5.74, 6) is -2.62. The van der Waals surface area contributed by atoms with Crippen LogP contribution >= 0.6 is 11.6 Å². The summed E-state index contributed by atoms with van der Waals surface area (Å²) in [5.41, 5.74) is 6.78. The minimum Gasteiger partial charge on any atom is -0.505 e. The van der Waals surface area contributed by atoms with Crippen molar-refractivity contribution in [3.8, 4) is 11.6 Å². The molecule has 0 saturated heterocycles. The van der Waals surface area contributed by atoms with E-state index in [9.17, 15) is 23.8 Å². The van der Waals surface area contributed by atoms with E-state index in [4.69, 9.17) is 17.3 Å². The fraction of sp³-hybridized carbons (Fsp3) is 0.143. The first kappa shape index (κ1) is 19.9. The van der Waals surface area contributed by atoms with Gasteiger partial charge in [-0.3, -0.25) is 9.78 Å². The topological polar surface area (TPSA) is 101 Å². The van der Waals surface area contributed by atoms with Gasteiger partial charge in [0.2, 0.25) is 11.8 Å². The monoisotopic (exact) mass is 431 g/mol. The molecule has 0 aliphatic heterocycles. The van der Waals surface area contributed by atoms with E-state index in [2.05, 4.69) is 4.98 Å². The van der Waals surface area contributed by atoms with Crippen LogP contribution in [0.4, 0.5) is 8.78 Å². The summed E-state index contributed by atoms with van der Waals surface area (Å²) < 4.78 is 29.0. The lowest BCUT2D eigenvalue weighted by Gasteiger charge is -2.12. The van der Waals surface area contributed by atoms with Gasteiger partial charge in [-0.15, -0.1) is 0 Å². The molecule has 9 heteroatoms. The van der Waals surface area contributed by atoms with Crippen LogP contribution in [0.25, 0.3) is 21.7 Å². The summed E-state index contributed by atoms with van der Waals surface area (Å²) in [6, 6.07) is 3.57. The van der Waals surface area contributed by atoms with Crippen LogP contribution < -0.4 is 5.73 Å². The Balaban J connectivity index is 1.95. The van der Waals surface area contributed by atoms with Crippen molar-refractivity contribution in [1.82, 2.24) is 9.55 Å². The number of aromatic hydroxyl groups is 2. The lowest BCUT2D eigenvalue weighted by molar-refractivity contribution is -0.117. The van der Waals surface area contributed by atoms with Crippen LogP contribution in [0.15, 0.2) is 30.6 Å². The number of phenols is 1. The number of benzene rings is 2. The molecule has 2 aromatic carbocycles. The fourth-order valence-corrected chi connectivity index (χ4v) is 3.84. The van der Waals surface area contributed by atoms with Gasteiger partial charge in [-0.2, -0.15) is 0 Å². The second-order valence-electron chi connectivity index (χ2n) is 7.10. The van der Waals surface area contributed by atoms with E-state index in [-0.39, 0.29) is 46.0 Å². The van der Waals surface area contributed by atoms with E-state index in [0.29, 0.717) is 28.0 Å². The number of aromatic nitrogens is 2. The SMILES string of the molecule is Cn1cc2c(CC(N)=O)c3cc(Cc4cc(Cl)c(F)cc4F)cnc3c(O)c2c1O. The Hall–Kier alpha value is -3.39. The maximum Gasteiger partial charge on any atom is 0.221 e. The average Bonchev–Trinajstić information content (AvgIpc) is 2.98. The molecule has 0 aliphatic carbocycles. The maximum atomic E-state index is 14.2. The van der Waals surface area contributed by atoms with Crippen molar-refractivity contribution in [2.24, 2.45) is 12.8 Å². The van der Waals surface area contributed by atoms with Gasteiger partial charge in [-0.05, 0) is 28.8 Å². The molecule has 6 nitrogen and oxygen atoms in total. The number of amides is 1. The van der Waals surface area contributed by atoms with E-state index in [1.165, 1.54) is 16.8 Å². The highest BCUT2D eigenvalue weighted by molar-refractivity contribution is 6.30. The lowest BCUT2D eigenvalue weighted by atomic mass is 9.96. The number of phenolic OH excluding ortho intramolecular Hbond substituents is 1. The summed E-state index contributed by atoms with van der Waals surface area (Å²) in [5, 5.41) is 21.8. The second-order valence-corrected chi connectivity index (χ2v) is 7.50. The normalized spacial score (nSPS) is 11.5. The van der Waals surface area contributed by atoms with Crippen molar-refractivity contribution in [1.29, 1.82) is 0 Å². The molecule has 4 aromatic rings. The van der Waals surface area contributed by atoms with Crippen molar-refractivity contribution in [3.63, 3.8) is 0 Å². The Labute approximate surface area is 174 Å². The van der Waals surface area contributed by atoms with Crippen LogP contribution in [-0.2, 0) is 24.7 Å². The van der Waals surface area contributed by atoms with Gasteiger partial charge in [-0.1, -0.05) is 11.6 Å². The number of nitrogens with two attached hydrogens (primary N) is 1. The maximum absolute atomic E-state index is 14.2. The average molecular weight is 432 g/mol. The first-order valence-electron chi connectivity index (χ1n) is 8.89. The number of nitrogens with zero attached hydrogens (tertiary/aromatic N) is 2. The van der Waals surface area contributed by atoms with E-state index in [0.717, 1.165) is 0 Å². The van der Waals surface area contributed by atoms with Crippen molar-refractivity contribution in [2.75, 3.05) is 0 Å². The number of fused-ring (bicyclic) bond motifs is 2. The predicted octanol–water partition coefficient (Wildman–Crippen LogP) is 3.69. The summed E-state index contributed by atoms with van der Waals surface area (Å²) in [7, 11) is 1.59. The molecule has 0 atom stereocenters. The van der Waals surface area contributed by atoms with E-state index in [1.807, 2.05) is 0 Å². The first-order chi connectivity index (χ1) is 14.2. The molecular weight excluding hydrogens is 416 g/mol. The molecule has 154 valence electrons. The highest BCUT2D eigenvalue weighted by Gasteiger charge is 2.21. The molecule has 30 heavy (non-hydrogen) atoms. The molecule has 0 fully saturated rings. The molecule has 4 N–H and O–H groups in total. The van der Waals surface area contributed by atoms with Gasteiger partial charge >= 0.3 is 0 Å². The highest BCUT2D eigenvalue weighted by atomic mass is 35.5. The number of rotatable bonds is 4. The molecule has 0 spiro atoms. The minimum absolute atomic E-state index is 0.0592. The van der Waals surface area contributed by atoms with Crippen LogP contribution in [0.1, 0.15) is 16.7 Å². The van der Waals surface area contributed by atoms with Crippen LogP contribution in [0.2, 0.25) is 5.02 Å². The van der Waals surface area contributed by atoms with Crippen LogP contribution in [0, 0.1) is 11.6 Å². The quantitative estimate of drug-likeness (QED) is 0.429. The molecule has 0 bridgehead atoms. The fourth-order valence-electron chi connectivity index (χ4n) is 3.65. The van der Waals surface area contributed by atoms with Gasteiger partial charge in [0.1, 0.15) is 17.2 Å². The van der Waals surface area contributed by atoms with Crippen LogP contribution in [0.3, 0.4) is 0 Å². The number of carbonyl (C=O) groups is 1. The Morgan fingerprint density at radius 3 is 2.63 bits per heavy atom. The Kier molecular flexibility index (Phi) is 4.74. The molecule has 0 saturated carbocycles. The number of aryl methyl sites for hydroxylation is 1. The Morgan fingerprint density at radius 2 is 1.93 bits per heavy atom. The zero-order chi connectivity index (χ0) is 21.7. The van der Waals surface area contributed by atoms with Crippen LogP contribution in [0.5, 0.6) is 11.6 Å².